The molecule has 0 bridgehead atoms. The summed E-state index contributed by atoms with van der Waals surface area (Å²) in [5.41, 5.74) is 7.51. The van der Waals surface area contributed by atoms with Crippen LogP contribution in [0.5, 0.6) is 0 Å². The Balaban J connectivity index is 0.000000509. The van der Waals surface area contributed by atoms with E-state index in [9.17, 15) is 8.78 Å². The highest BCUT2D eigenvalue weighted by Crippen LogP contribution is 2.52. The molecule has 2 nitrogen and oxygen atoms in total. The zero-order chi connectivity index (χ0) is 25.7. The van der Waals surface area contributed by atoms with Crippen molar-refractivity contribution < 1.29 is 8.78 Å². The smallest absolute Gasteiger partial charge is 0.141 e. The Kier molecular flexibility index (Phi) is 9.07. The number of rotatable bonds is 5. The maximum Gasteiger partial charge on any atom is 0.141 e. The highest BCUT2D eigenvalue weighted by Gasteiger charge is 2.45. The number of nitrogens with zero attached hydrogens (tertiary/aromatic N) is 2. The minimum absolute atomic E-state index is 0.288. The topological polar surface area (TPSA) is 16.1 Å². The van der Waals surface area contributed by atoms with Crippen LogP contribution in [0.1, 0.15) is 48.1 Å². The first-order valence-corrected chi connectivity index (χ1v) is 12.4. The summed E-state index contributed by atoms with van der Waals surface area (Å²) in [5, 5.41) is 0.680. The van der Waals surface area contributed by atoms with Gasteiger partial charge in [0.2, 0.25) is 0 Å². The molecule has 0 amide bonds. The lowest BCUT2D eigenvalue weighted by molar-refractivity contribution is 0.321. The van der Waals surface area contributed by atoms with Gasteiger partial charge in [-0.05, 0) is 56.9 Å². The van der Waals surface area contributed by atoms with Crippen molar-refractivity contribution in [3.05, 3.63) is 112 Å². The van der Waals surface area contributed by atoms with Gasteiger partial charge in [0.25, 0.3) is 0 Å². The Bertz CT molecular complexity index is 1120. The van der Waals surface area contributed by atoms with Crippen LogP contribution in [0.4, 0.5) is 8.78 Å². The van der Waals surface area contributed by atoms with Crippen LogP contribution in [0.2, 0.25) is 5.02 Å². The molecule has 4 rings (SSSR count). The number of fused-ring (bicyclic) bond motifs is 1. The summed E-state index contributed by atoms with van der Waals surface area (Å²) in [5.74, 6) is 0.665. The zero-order valence-electron chi connectivity index (χ0n) is 21.1. The first-order chi connectivity index (χ1) is 16.7. The third-order valence-corrected chi connectivity index (χ3v) is 7.06. The third kappa shape index (κ3) is 6.29. The van der Waals surface area contributed by atoms with Crippen LogP contribution < -0.4 is 0 Å². The Morgan fingerprint density at radius 3 is 2.46 bits per heavy atom. The average molecular weight is 497 g/mol. The van der Waals surface area contributed by atoms with E-state index in [-0.39, 0.29) is 5.92 Å². The summed E-state index contributed by atoms with van der Waals surface area (Å²) in [6.07, 6.45) is 7.63. The lowest BCUT2D eigenvalue weighted by atomic mass is 9.67. The number of alkyl halides is 1. The number of aromatic nitrogens is 1. The van der Waals surface area contributed by atoms with Gasteiger partial charge in [0.15, 0.2) is 0 Å². The molecule has 2 aliphatic rings. The number of likely N-dealkylation sites (tertiary alicyclic amines) is 1. The van der Waals surface area contributed by atoms with E-state index in [0.717, 1.165) is 24.9 Å². The molecule has 186 valence electrons. The Morgan fingerprint density at radius 2 is 1.91 bits per heavy atom. The van der Waals surface area contributed by atoms with Gasteiger partial charge in [0.1, 0.15) is 12.5 Å². The van der Waals surface area contributed by atoms with Crippen LogP contribution in [-0.2, 0) is 0 Å². The van der Waals surface area contributed by atoms with Crippen molar-refractivity contribution in [3.8, 4) is 0 Å². The van der Waals surface area contributed by atoms with Crippen molar-refractivity contribution >= 4 is 11.6 Å². The largest absolute Gasteiger partial charge is 0.370 e. The molecule has 0 N–H and O–H groups in total. The maximum absolute atomic E-state index is 11.3. The van der Waals surface area contributed by atoms with Crippen LogP contribution in [0.25, 0.3) is 0 Å². The molecule has 1 fully saturated rings. The van der Waals surface area contributed by atoms with E-state index in [4.69, 9.17) is 16.6 Å². The Hall–Kier alpha value is -2.72. The molecule has 35 heavy (non-hydrogen) atoms. The number of hydrogen-bond donors (Lipinski definition) is 0. The van der Waals surface area contributed by atoms with Gasteiger partial charge in [-0.1, -0.05) is 72.3 Å². The fraction of sp³-hybridized carbons (Fsp3) is 0.367. The lowest BCUT2D eigenvalue weighted by Crippen LogP contribution is -2.29. The second-order valence-electron chi connectivity index (χ2n) is 9.59. The van der Waals surface area contributed by atoms with Crippen LogP contribution in [-0.4, -0.2) is 29.6 Å². The Morgan fingerprint density at radius 1 is 1.20 bits per heavy atom. The van der Waals surface area contributed by atoms with E-state index < -0.39 is 12.5 Å². The fourth-order valence-corrected chi connectivity index (χ4v) is 5.32. The van der Waals surface area contributed by atoms with Gasteiger partial charge < -0.3 is 4.90 Å². The maximum atomic E-state index is 11.3. The summed E-state index contributed by atoms with van der Waals surface area (Å²) < 4.78 is 22.3. The lowest BCUT2D eigenvalue weighted by Gasteiger charge is -2.36. The van der Waals surface area contributed by atoms with Gasteiger partial charge in [0.05, 0.1) is 5.02 Å². The second kappa shape index (κ2) is 11.8. The molecular weight excluding hydrogens is 462 g/mol. The number of allylic oxidation sites excluding steroid dienone is 4. The monoisotopic (exact) mass is 496 g/mol. The molecule has 1 saturated heterocycles. The predicted molar refractivity (Wildman–Crippen MR) is 143 cm³/mol. The molecule has 1 aliphatic heterocycles. The molecule has 2 aromatic rings. The van der Waals surface area contributed by atoms with E-state index in [1.165, 1.54) is 34.9 Å². The first kappa shape index (κ1) is 26.9. The van der Waals surface area contributed by atoms with Crippen LogP contribution in [0, 0.1) is 25.7 Å². The van der Waals surface area contributed by atoms with Crippen LogP contribution in [0.15, 0.2) is 85.0 Å². The summed E-state index contributed by atoms with van der Waals surface area (Å²) in [4.78, 5) is 7.16. The number of aryl methyl sites for hydroxylation is 2. The van der Waals surface area contributed by atoms with E-state index in [2.05, 4.69) is 75.2 Å². The van der Waals surface area contributed by atoms with Crippen molar-refractivity contribution in [2.75, 3.05) is 19.8 Å². The van der Waals surface area contributed by atoms with Crippen LogP contribution >= 0.6 is 11.6 Å². The van der Waals surface area contributed by atoms with Crippen molar-refractivity contribution in [1.82, 2.24) is 9.88 Å². The molecule has 1 aromatic carbocycles. The molecule has 0 spiro atoms. The normalized spacial score (nSPS) is 23.6. The highest BCUT2D eigenvalue weighted by molar-refractivity contribution is 6.30. The molecule has 4 atom stereocenters. The molecule has 1 aromatic heterocycles. The van der Waals surface area contributed by atoms with Gasteiger partial charge in [-0.15, -0.1) is 0 Å². The van der Waals surface area contributed by atoms with E-state index in [0.29, 0.717) is 22.8 Å². The number of benzene rings is 1. The van der Waals surface area contributed by atoms with Crippen molar-refractivity contribution in [1.29, 1.82) is 0 Å². The SMILES string of the molecule is C/C=C(/F)CF.C=C(C)CN1CC2C(C=CC(c3ccc(C)cc3C)C2c2ccc(Cl)cn2)C1=C. The average Bonchev–Trinajstić information content (AvgIpc) is 3.13. The molecule has 1 aliphatic carbocycles. The first-order valence-electron chi connectivity index (χ1n) is 12.0. The highest BCUT2D eigenvalue weighted by atomic mass is 35.5. The second-order valence-corrected chi connectivity index (χ2v) is 10.0. The van der Waals surface area contributed by atoms with Crippen LogP contribution in [0.3, 0.4) is 0 Å². The van der Waals surface area contributed by atoms with E-state index in [1.54, 1.807) is 6.20 Å². The van der Waals surface area contributed by atoms with Gasteiger partial charge >= 0.3 is 0 Å². The van der Waals surface area contributed by atoms with Crippen molar-refractivity contribution in [3.63, 3.8) is 0 Å². The van der Waals surface area contributed by atoms with Gasteiger partial charge in [-0.3, -0.25) is 4.98 Å². The number of halogens is 3. The number of hydrogen-bond acceptors (Lipinski definition) is 2. The van der Waals surface area contributed by atoms with Gasteiger partial charge in [-0.2, -0.15) is 0 Å². The zero-order valence-corrected chi connectivity index (χ0v) is 21.8. The minimum Gasteiger partial charge on any atom is -0.370 e. The predicted octanol–water partition coefficient (Wildman–Crippen LogP) is 8.26. The standard InChI is InChI=1S/C26H29ClN2.C4H6F2/c1-16(2)14-29-15-24-22(19(29)5)9-10-23(21-8-6-17(3)12-18(21)4)26(24)25-11-7-20(27)13-28-25;1-2-4(6)3-5/h6-13,22-24,26H,1,5,14-15H2,2-4H3;2H,3H2,1H3/b;4-2+. The number of pyridine rings is 1. The Labute approximate surface area is 213 Å². The van der Waals surface area contributed by atoms with Gasteiger partial charge in [0, 0.05) is 48.4 Å². The van der Waals surface area contributed by atoms with Crippen molar-refractivity contribution in [2.24, 2.45) is 11.8 Å². The third-order valence-electron chi connectivity index (χ3n) is 6.84. The summed E-state index contributed by atoms with van der Waals surface area (Å²) in [6.45, 7) is 17.3. The molecular formula is C30H35ClF2N2. The summed E-state index contributed by atoms with van der Waals surface area (Å²) >= 11 is 6.15. The van der Waals surface area contributed by atoms with E-state index >= 15 is 0 Å². The molecule has 0 radical (unpaired) electrons. The molecule has 2 heterocycles. The van der Waals surface area contributed by atoms with E-state index in [1.807, 2.05) is 6.07 Å². The van der Waals surface area contributed by atoms with Crippen molar-refractivity contribution in [2.45, 2.75) is 39.5 Å². The minimum atomic E-state index is -0.976. The summed E-state index contributed by atoms with van der Waals surface area (Å²) in [6, 6.07) is 10.9. The fourth-order valence-electron chi connectivity index (χ4n) is 5.21. The molecule has 4 unspecified atom stereocenters. The quantitative estimate of drug-likeness (QED) is 0.387. The van der Waals surface area contributed by atoms with Gasteiger partial charge in [-0.25, -0.2) is 8.78 Å². The molecule has 5 heteroatoms. The molecule has 0 saturated carbocycles. The summed E-state index contributed by atoms with van der Waals surface area (Å²) in [7, 11) is 0.